The molecule has 2 aromatic heterocycles. The first-order valence-electron chi connectivity index (χ1n) is 10.2. The largest absolute Gasteiger partial charge is 0.381 e. The molecule has 2 aromatic rings. The van der Waals surface area contributed by atoms with Gasteiger partial charge in [-0.05, 0) is 44.4 Å². The molecule has 0 saturated carbocycles. The highest BCUT2D eigenvalue weighted by Crippen LogP contribution is 2.42. The minimum absolute atomic E-state index is 0.146. The first kappa shape index (κ1) is 21.1. The molecule has 0 unspecified atom stereocenters. The fourth-order valence-corrected chi connectivity index (χ4v) is 5.71. The molecule has 0 bridgehead atoms. The van der Waals surface area contributed by atoms with Gasteiger partial charge in [0.25, 0.3) is 0 Å². The van der Waals surface area contributed by atoms with Gasteiger partial charge in [0.05, 0.1) is 24.9 Å². The van der Waals surface area contributed by atoms with Crippen molar-refractivity contribution in [3.05, 3.63) is 29.5 Å². The normalized spacial score (nSPS) is 22.1. The molecule has 0 spiro atoms. The third-order valence-electron chi connectivity index (χ3n) is 5.98. The average molecular weight is 436 g/mol. The first-order chi connectivity index (χ1) is 14.3. The predicted molar refractivity (Wildman–Crippen MR) is 115 cm³/mol. The summed E-state index contributed by atoms with van der Waals surface area (Å²) in [6.07, 6.45) is 2.17. The second-order valence-electron chi connectivity index (χ2n) is 8.14. The van der Waals surface area contributed by atoms with Gasteiger partial charge in [0.1, 0.15) is 22.2 Å². The molecule has 2 aliphatic heterocycles. The van der Waals surface area contributed by atoms with E-state index in [0.717, 1.165) is 17.1 Å². The molecule has 0 amide bonds. The summed E-state index contributed by atoms with van der Waals surface area (Å²) >= 11 is 0. The molecular formula is C20H29N5O4S. The highest BCUT2D eigenvalue weighted by atomic mass is 32.2. The number of hydrogen-bond acceptors (Lipinski definition) is 8. The summed E-state index contributed by atoms with van der Waals surface area (Å²) < 4.78 is 36.1. The molecule has 9 nitrogen and oxygen atoms in total. The Labute approximate surface area is 177 Å². The van der Waals surface area contributed by atoms with Crippen molar-refractivity contribution in [2.45, 2.75) is 37.5 Å². The van der Waals surface area contributed by atoms with Crippen LogP contribution in [0.2, 0.25) is 0 Å². The number of aromatic amines is 1. The fraction of sp³-hybridized carbons (Fsp3) is 0.600. The standard InChI is InChI=1S/C20H29N5O4S/c1-14-10-18(24-23-14)21-17-11-16(20(30(3,26)27)4-7-28-8-5-20)12-19(22-17)25-6-9-29-13-15(25)2/h10-12,15H,4-9,13H2,1-3H3,(H2,21,22,23,24)/t15-/m1/s1. The van der Waals surface area contributed by atoms with Crippen molar-refractivity contribution in [1.82, 2.24) is 15.2 Å². The number of aryl methyl sites for hydroxylation is 1. The van der Waals surface area contributed by atoms with E-state index in [4.69, 9.17) is 14.5 Å². The molecule has 10 heteroatoms. The number of pyridine rings is 1. The summed E-state index contributed by atoms with van der Waals surface area (Å²) in [7, 11) is -3.39. The van der Waals surface area contributed by atoms with Gasteiger partial charge in [-0.15, -0.1) is 0 Å². The number of morpholine rings is 1. The average Bonchev–Trinajstić information content (AvgIpc) is 3.12. The number of ether oxygens (including phenoxy) is 2. The number of aromatic nitrogens is 3. The van der Waals surface area contributed by atoms with Crippen molar-refractivity contribution in [1.29, 1.82) is 0 Å². The Morgan fingerprint density at radius 2 is 1.97 bits per heavy atom. The van der Waals surface area contributed by atoms with Crippen LogP contribution in [0.4, 0.5) is 17.5 Å². The number of rotatable bonds is 5. The van der Waals surface area contributed by atoms with Crippen LogP contribution >= 0.6 is 0 Å². The number of H-pyrrole nitrogens is 1. The van der Waals surface area contributed by atoms with Crippen LogP contribution in [0.1, 0.15) is 31.0 Å². The van der Waals surface area contributed by atoms with Crippen molar-refractivity contribution in [2.24, 2.45) is 0 Å². The predicted octanol–water partition coefficient (Wildman–Crippen LogP) is 2.13. The zero-order chi connectivity index (χ0) is 21.4. The van der Waals surface area contributed by atoms with Crippen molar-refractivity contribution in [3.63, 3.8) is 0 Å². The van der Waals surface area contributed by atoms with Crippen LogP contribution in [0, 0.1) is 6.92 Å². The molecular weight excluding hydrogens is 406 g/mol. The van der Waals surface area contributed by atoms with Crippen LogP contribution in [0.15, 0.2) is 18.2 Å². The van der Waals surface area contributed by atoms with Crippen molar-refractivity contribution >= 4 is 27.3 Å². The Hall–Kier alpha value is -2.17. The van der Waals surface area contributed by atoms with Gasteiger partial charge >= 0.3 is 0 Å². The number of anilines is 3. The minimum atomic E-state index is -3.39. The minimum Gasteiger partial charge on any atom is -0.381 e. The SMILES string of the molecule is Cc1cc(Nc2cc(C3(S(C)(=O)=O)CCOCC3)cc(N3CCOC[C@H]3C)n2)[nH]n1. The quantitative estimate of drug-likeness (QED) is 0.735. The topological polar surface area (TPSA) is 109 Å². The smallest absolute Gasteiger partial charge is 0.157 e. The van der Waals surface area contributed by atoms with E-state index in [1.54, 1.807) is 0 Å². The number of nitrogens with zero attached hydrogens (tertiary/aromatic N) is 3. The lowest BCUT2D eigenvalue weighted by molar-refractivity contribution is 0.0742. The molecule has 4 rings (SSSR count). The highest BCUT2D eigenvalue weighted by molar-refractivity contribution is 7.91. The molecule has 2 N–H and O–H groups in total. The van der Waals surface area contributed by atoms with Crippen LogP contribution < -0.4 is 10.2 Å². The lowest BCUT2D eigenvalue weighted by atomic mass is 9.90. The van der Waals surface area contributed by atoms with Gasteiger partial charge in [0.2, 0.25) is 0 Å². The lowest BCUT2D eigenvalue weighted by Crippen LogP contribution is -2.45. The molecule has 4 heterocycles. The van der Waals surface area contributed by atoms with Crippen LogP contribution in [-0.2, 0) is 24.1 Å². The van der Waals surface area contributed by atoms with Crippen LogP contribution in [0.25, 0.3) is 0 Å². The van der Waals surface area contributed by atoms with E-state index >= 15 is 0 Å². The van der Waals surface area contributed by atoms with Gasteiger partial charge in [-0.3, -0.25) is 5.10 Å². The molecule has 164 valence electrons. The van der Waals surface area contributed by atoms with E-state index in [0.29, 0.717) is 57.4 Å². The van der Waals surface area contributed by atoms with E-state index in [1.165, 1.54) is 6.26 Å². The van der Waals surface area contributed by atoms with Crippen molar-refractivity contribution in [2.75, 3.05) is 49.4 Å². The summed E-state index contributed by atoms with van der Waals surface area (Å²) in [5.41, 5.74) is 1.60. The van der Waals surface area contributed by atoms with E-state index in [-0.39, 0.29) is 6.04 Å². The van der Waals surface area contributed by atoms with Gasteiger partial charge in [0.15, 0.2) is 9.84 Å². The van der Waals surface area contributed by atoms with E-state index in [2.05, 4.69) is 27.3 Å². The number of hydrogen-bond donors (Lipinski definition) is 2. The lowest BCUT2D eigenvalue weighted by Gasteiger charge is -2.38. The molecule has 2 aliphatic rings. The molecule has 0 aliphatic carbocycles. The molecule has 0 aromatic carbocycles. The zero-order valence-corrected chi connectivity index (χ0v) is 18.5. The van der Waals surface area contributed by atoms with Crippen LogP contribution in [-0.4, -0.2) is 68.9 Å². The highest BCUT2D eigenvalue weighted by Gasteiger charge is 2.44. The van der Waals surface area contributed by atoms with Gasteiger partial charge in [-0.1, -0.05) is 0 Å². The summed E-state index contributed by atoms with van der Waals surface area (Å²) in [6.45, 7) is 6.74. The van der Waals surface area contributed by atoms with Gasteiger partial charge < -0.3 is 19.7 Å². The Kier molecular flexibility index (Phi) is 5.73. The van der Waals surface area contributed by atoms with Crippen molar-refractivity contribution in [3.8, 4) is 0 Å². The van der Waals surface area contributed by atoms with Gasteiger partial charge in [-0.2, -0.15) is 5.10 Å². The zero-order valence-electron chi connectivity index (χ0n) is 17.6. The van der Waals surface area contributed by atoms with E-state index in [9.17, 15) is 8.42 Å². The monoisotopic (exact) mass is 435 g/mol. The molecule has 2 fully saturated rings. The molecule has 0 radical (unpaired) electrons. The third-order valence-corrected chi connectivity index (χ3v) is 8.04. The second-order valence-corrected chi connectivity index (χ2v) is 10.5. The maximum Gasteiger partial charge on any atom is 0.157 e. The van der Waals surface area contributed by atoms with Crippen LogP contribution in [0.5, 0.6) is 0 Å². The number of sulfone groups is 1. The summed E-state index contributed by atoms with van der Waals surface area (Å²) in [5.74, 6) is 2.04. The molecule has 30 heavy (non-hydrogen) atoms. The van der Waals surface area contributed by atoms with Crippen molar-refractivity contribution < 1.29 is 17.9 Å². The first-order valence-corrected chi connectivity index (χ1v) is 12.1. The summed E-state index contributed by atoms with van der Waals surface area (Å²) in [5, 5.41) is 10.3. The van der Waals surface area contributed by atoms with Gasteiger partial charge in [0, 0.05) is 32.1 Å². The Morgan fingerprint density at radius 3 is 2.60 bits per heavy atom. The van der Waals surface area contributed by atoms with Gasteiger partial charge in [-0.25, -0.2) is 13.4 Å². The Morgan fingerprint density at radius 1 is 1.20 bits per heavy atom. The third kappa shape index (κ3) is 4.03. The fourth-order valence-electron chi connectivity index (χ4n) is 4.26. The molecule has 1 atom stereocenters. The Bertz CT molecular complexity index is 1000. The second kappa shape index (κ2) is 8.16. The van der Waals surface area contributed by atoms with E-state index in [1.807, 2.05) is 25.1 Å². The summed E-state index contributed by atoms with van der Waals surface area (Å²) in [4.78, 5) is 6.98. The maximum atomic E-state index is 13.0. The number of nitrogens with one attached hydrogen (secondary N) is 2. The van der Waals surface area contributed by atoms with E-state index < -0.39 is 14.6 Å². The molecule has 2 saturated heterocycles. The summed E-state index contributed by atoms with van der Waals surface area (Å²) in [6, 6.07) is 5.80. The maximum absolute atomic E-state index is 13.0. The Balaban J connectivity index is 1.82. The van der Waals surface area contributed by atoms with Crippen LogP contribution in [0.3, 0.4) is 0 Å².